The van der Waals surface area contributed by atoms with Gasteiger partial charge >= 0.3 is 0 Å². The first-order chi connectivity index (χ1) is 8.65. The normalized spacial score (nSPS) is 10.1. The van der Waals surface area contributed by atoms with Gasteiger partial charge in [0, 0.05) is 24.0 Å². The van der Waals surface area contributed by atoms with E-state index in [2.05, 4.69) is 10.3 Å². The Bertz CT molecular complexity index is 533. The number of phenolic OH excluding ortho intramolecular Hbond substituents is 1. The lowest BCUT2D eigenvalue weighted by Crippen LogP contribution is -2.22. The van der Waals surface area contributed by atoms with Crippen LogP contribution in [0.4, 0.5) is 0 Å². The maximum Gasteiger partial charge on any atom is 0.251 e. The molecule has 1 aromatic heterocycles. The molecule has 92 valence electrons. The molecule has 4 heteroatoms. The summed E-state index contributed by atoms with van der Waals surface area (Å²) in [6.45, 7) is 2.35. The number of nitrogens with zero attached hydrogens (tertiary/aromatic N) is 1. The molecule has 2 rings (SSSR count). The minimum atomic E-state index is -0.171. The van der Waals surface area contributed by atoms with Crippen molar-refractivity contribution >= 4 is 5.91 Å². The van der Waals surface area contributed by atoms with Crippen LogP contribution in [-0.2, 0) is 6.54 Å². The SMILES string of the molecule is Cc1ccc(CNC(=O)c2ccc(O)cc2)cn1. The summed E-state index contributed by atoms with van der Waals surface area (Å²) in [6, 6.07) is 9.97. The highest BCUT2D eigenvalue weighted by molar-refractivity contribution is 5.94. The molecule has 0 atom stereocenters. The fourth-order valence-electron chi connectivity index (χ4n) is 1.50. The minimum absolute atomic E-state index is 0.147. The molecule has 2 aromatic rings. The summed E-state index contributed by atoms with van der Waals surface area (Å²) < 4.78 is 0. The molecular weight excluding hydrogens is 228 g/mol. The van der Waals surface area contributed by atoms with Crippen molar-refractivity contribution in [2.75, 3.05) is 0 Å². The number of aromatic nitrogens is 1. The number of aromatic hydroxyl groups is 1. The molecule has 0 unspecified atom stereocenters. The molecule has 2 N–H and O–H groups in total. The second-order valence-electron chi connectivity index (χ2n) is 4.04. The quantitative estimate of drug-likeness (QED) is 0.865. The highest BCUT2D eigenvalue weighted by Crippen LogP contribution is 2.09. The molecule has 4 nitrogen and oxygen atoms in total. The van der Waals surface area contributed by atoms with E-state index in [0.717, 1.165) is 11.3 Å². The van der Waals surface area contributed by atoms with Gasteiger partial charge in [0.15, 0.2) is 0 Å². The minimum Gasteiger partial charge on any atom is -0.508 e. The largest absolute Gasteiger partial charge is 0.508 e. The number of phenols is 1. The molecule has 1 aromatic carbocycles. The summed E-state index contributed by atoms with van der Waals surface area (Å²) in [6.07, 6.45) is 1.74. The van der Waals surface area contributed by atoms with Gasteiger partial charge < -0.3 is 10.4 Å². The third kappa shape index (κ3) is 3.07. The van der Waals surface area contributed by atoms with Crippen molar-refractivity contribution in [2.45, 2.75) is 13.5 Å². The average molecular weight is 242 g/mol. The molecule has 0 spiro atoms. The summed E-state index contributed by atoms with van der Waals surface area (Å²) in [5.74, 6) is -0.0233. The first kappa shape index (κ1) is 12.1. The third-order valence-electron chi connectivity index (χ3n) is 2.56. The molecule has 0 aliphatic rings. The van der Waals surface area contributed by atoms with Crippen LogP contribution in [0.3, 0.4) is 0 Å². The number of rotatable bonds is 3. The van der Waals surface area contributed by atoms with Crippen LogP contribution in [0.1, 0.15) is 21.6 Å². The standard InChI is InChI=1S/C14H14N2O2/c1-10-2-3-11(8-15-10)9-16-14(18)12-4-6-13(17)7-5-12/h2-8,17H,9H2,1H3,(H,16,18). The molecule has 0 radical (unpaired) electrons. The zero-order chi connectivity index (χ0) is 13.0. The van der Waals surface area contributed by atoms with Crippen molar-refractivity contribution in [3.05, 3.63) is 59.4 Å². The predicted molar refractivity (Wildman–Crippen MR) is 68.3 cm³/mol. The summed E-state index contributed by atoms with van der Waals surface area (Å²) >= 11 is 0. The number of hydrogen-bond acceptors (Lipinski definition) is 3. The van der Waals surface area contributed by atoms with Gasteiger partial charge in [-0.3, -0.25) is 9.78 Å². The Kier molecular flexibility index (Phi) is 3.57. The Morgan fingerprint density at radius 3 is 2.56 bits per heavy atom. The van der Waals surface area contributed by atoms with E-state index in [1.165, 1.54) is 12.1 Å². The van der Waals surface area contributed by atoms with Crippen LogP contribution in [0, 0.1) is 6.92 Å². The average Bonchev–Trinajstić information content (AvgIpc) is 2.38. The van der Waals surface area contributed by atoms with Crippen molar-refractivity contribution in [1.82, 2.24) is 10.3 Å². The maximum atomic E-state index is 11.8. The number of hydrogen-bond donors (Lipinski definition) is 2. The lowest BCUT2D eigenvalue weighted by Gasteiger charge is -2.05. The second-order valence-corrected chi connectivity index (χ2v) is 4.04. The Morgan fingerprint density at radius 1 is 1.22 bits per heavy atom. The van der Waals surface area contributed by atoms with Crippen molar-refractivity contribution < 1.29 is 9.90 Å². The molecule has 0 aliphatic heterocycles. The van der Waals surface area contributed by atoms with E-state index >= 15 is 0 Å². The highest BCUT2D eigenvalue weighted by Gasteiger charge is 2.04. The van der Waals surface area contributed by atoms with Crippen molar-refractivity contribution in [3.8, 4) is 5.75 Å². The Labute approximate surface area is 105 Å². The zero-order valence-corrected chi connectivity index (χ0v) is 10.1. The monoisotopic (exact) mass is 242 g/mol. The Morgan fingerprint density at radius 2 is 1.94 bits per heavy atom. The Balaban J connectivity index is 1.96. The third-order valence-corrected chi connectivity index (χ3v) is 2.56. The van der Waals surface area contributed by atoms with E-state index < -0.39 is 0 Å². The van der Waals surface area contributed by atoms with Crippen LogP contribution >= 0.6 is 0 Å². The Hall–Kier alpha value is -2.36. The van der Waals surface area contributed by atoms with E-state index in [1.807, 2.05) is 19.1 Å². The molecular formula is C14H14N2O2. The predicted octanol–water partition coefficient (Wildman–Crippen LogP) is 2.03. The number of carbonyl (C=O) groups is 1. The van der Waals surface area contributed by atoms with Gasteiger partial charge in [0.1, 0.15) is 5.75 Å². The molecule has 0 saturated heterocycles. The van der Waals surface area contributed by atoms with Gasteiger partial charge in [-0.05, 0) is 42.8 Å². The van der Waals surface area contributed by atoms with E-state index in [-0.39, 0.29) is 11.7 Å². The molecule has 1 amide bonds. The number of carbonyl (C=O) groups excluding carboxylic acids is 1. The van der Waals surface area contributed by atoms with Gasteiger partial charge in [-0.15, -0.1) is 0 Å². The summed E-state index contributed by atoms with van der Waals surface area (Å²) in [5, 5.41) is 11.9. The number of benzene rings is 1. The molecule has 0 aliphatic carbocycles. The van der Waals surface area contributed by atoms with Gasteiger partial charge in [0.2, 0.25) is 0 Å². The van der Waals surface area contributed by atoms with Gasteiger partial charge in [0.05, 0.1) is 0 Å². The van der Waals surface area contributed by atoms with E-state index in [4.69, 9.17) is 5.11 Å². The fraction of sp³-hybridized carbons (Fsp3) is 0.143. The van der Waals surface area contributed by atoms with Gasteiger partial charge in [0.25, 0.3) is 5.91 Å². The molecule has 0 saturated carbocycles. The van der Waals surface area contributed by atoms with Crippen LogP contribution in [0.25, 0.3) is 0 Å². The topological polar surface area (TPSA) is 62.2 Å². The number of pyridine rings is 1. The smallest absolute Gasteiger partial charge is 0.251 e. The van der Waals surface area contributed by atoms with E-state index in [9.17, 15) is 4.79 Å². The number of amides is 1. The second kappa shape index (κ2) is 5.31. The van der Waals surface area contributed by atoms with Crippen LogP contribution in [0.2, 0.25) is 0 Å². The lowest BCUT2D eigenvalue weighted by molar-refractivity contribution is 0.0951. The van der Waals surface area contributed by atoms with Crippen LogP contribution < -0.4 is 5.32 Å². The highest BCUT2D eigenvalue weighted by atomic mass is 16.3. The summed E-state index contributed by atoms with van der Waals surface area (Å²) in [5.41, 5.74) is 2.42. The first-order valence-corrected chi connectivity index (χ1v) is 5.64. The molecule has 0 bridgehead atoms. The summed E-state index contributed by atoms with van der Waals surface area (Å²) in [4.78, 5) is 15.9. The lowest BCUT2D eigenvalue weighted by atomic mass is 10.2. The summed E-state index contributed by atoms with van der Waals surface area (Å²) in [7, 11) is 0. The number of nitrogens with one attached hydrogen (secondary N) is 1. The van der Waals surface area contributed by atoms with Crippen molar-refractivity contribution in [2.24, 2.45) is 0 Å². The van der Waals surface area contributed by atoms with E-state index in [0.29, 0.717) is 12.1 Å². The van der Waals surface area contributed by atoms with Crippen LogP contribution in [0.5, 0.6) is 5.75 Å². The molecule has 0 fully saturated rings. The molecule has 1 heterocycles. The van der Waals surface area contributed by atoms with E-state index in [1.54, 1.807) is 18.3 Å². The fourth-order valence-corrected chi connectivity index (χ4v) is 1.50. The van der Waals surface area contributed by atoms with Gasteiger partial charge in [-0.1, -0.05) is 6.07 Å². The van der Waals surface area contributed by atoms with Crippen molar-refractivity contribution in [3.63, 3.8) is 0 Å². The van der Waals surface area contributed by atoms with Crippen LogP contribution in [-0.4, -0.2) is 16.0 Å². The zero-order valence-electron chi connectivity index (χ0n) is 10.1. The van der Waals surface area contributed by atoms with Gasteiger partial charge in [-0.2, -0.15) is 0 Å². The van der Waals surface area contributed by atoms with Crippen LogP contribution in [0.15, 0.2) is 42.6 Å². The molecule has 18 heavy (non-hydrogen) atoms. The maximum absolute atomic E-state index is 11.8. The van der Waals surface area contributed by atoms with Gasteiger partial charge in [-0.25, -0.2) is 0 Å². The van der Waals surface area contributed by atoms with Crippen molar-refractivity contribution in [1.29, 1.82) is 0 Å². The first-order valence-electron chi connectivity index (χ1n) is 5.64. The number of aryl methyl sites for hydroxylation is 1.